The number of aromatic nitrogens is 2. The van der Waals surface area contributed by atoms with Crippen molar-refractivity contribution in [3.8, 4) is 11.5 Å². The van der Waals surface area contributed by atoms with Gasteiger partial charge < -0.3 is 9.15 Å². The van der Waals surface area contributed by atoms with Gasteiger partial charge in [-0.15, -0.1) is 10.2 Å². The van der Waals surface area contributed by atoms with Gasteiger partial charge in [0.2, 0.25) is 15.9 Å². The van der Waals surface area contributed by atoms with Crippen molar-refractivity contribution in [2.75, 3.05) is 0 Å². The average Bonchev–Trinajstić information content (AvgIpc) is 3.21. The van der Waals surface area contributed by atoms with Crippen LogP contribution in [-0.2, 0) is 26.2 Å². The molecular formula is C18H15ClN4O7S. The molecule has 3 rings (SSSR count). The fourth-order valence-electron chi connectivity index (χ4n) is 2.37. The van der Waals surface area contributed by atoms with Gasteiger partial charge in [-0.05, 0) is 43.3 Å². The number of hydrogen-bond donors (Lipinski definition) is 1. The first-order valence-corrected chi connectivity index (χ1v) is 10.5. The maximum absolute atomic E-state index is 12.3. The number of ether oxygens (including phenoxy) is 1. The molecule has 0 bridgehead atoms. The summed E-state index contributed by atoms with van der Waals surface area (Å²) in [7, 11) is -3.95. The Labute approximate surface area is 181 Å². The summed E-state index contributed by atoms with van der Waals surface area (Å²) in [5.74, 6) is -0.806. The lowest BCUT2D eigenvalue weighted by molar-refractivity contribution is -0.384. The maximum atomic E-state index is 12.3. The van der Waals surface area contributed by atoms with E-state index in [-0.39, 0.29) is 29.0 Å². The van der Waals surface area contributed by atoms with Crippen LogP contribution < -0.4 is 4.72 Å². The molecule has 0 saturated heterocycles. The number of halogens is 1. The highest BCUT2D eigenvalue weighted by Gasteiger charge is 2.24. The van der Waals surface area contributed by atoms with Crippen molar-refractivity contribution in [1.82, 2.24) is 14.9 Å². The largest absolute Gasteiger partial charge is 0.454 e. The van der Waals surface area contributed by atoms with Crippen LogP contribution in [0, 0.1) is 10.1 Å². The molecule has 0 aliphatic rings. The number of hydrogen-bond acceptors (Lipinski definition) is 9. The first kappa shape index (κ1) is 22.3. The lowest BCUT2D eigenvalue weighted by Crippen LogP contribution is -2.39. The minimum atomic E-state index is -3.95. The Kier molecular flexibility index (Phi) is 6.63. The van der Waals surface area contributed by atoms with E-state index >= 15 is 0 Å². The standard InChI is InChI=1S/C18H15ClN4O7S/c1-11(22-31(27,28)15-8-4-13(19)5-9-15)18(24)29-10-16-20-21-17(30-16)12-2-6-14(7-3-12)23(25)26/h2-9,11,22H,10H2,1H3. The minimum absolute atomic E-state index is 0.0329. The zero-order chi connectivity index (χ0) is 22.6. The van der Waals surface area contributed by atoms with Gasteiger partial charge in [0.1, 0.15) is 6.04 Å². The van der Waals surface area contributed by atoms with Gasteiger partial charge in [-0.3, -0.25) is 14.9 Å². The summed E-state index contributed by atoms with van der Waals surface area (Å²) in [4.78, 5) is 22.2. The molecule has 0 amide bonds. The number of carbonyl (C=O) groups is 1. The molecule has 0 aliphatic heterocycles. The number of nitro benzene ring substituents is 1. The van der Waals surface area contributed by atoms with Gasteiger partial charge in [-0.2, -0.15) is 4.72 Å². The van der Waals surface area contributed by atoms with Crippen molar-refractivity contribution < 1.29 is 27.3 Å². The Morgan fingerprint density at radius 2 is 1.84 bits per heavy atom. The van der Waals surface area contributed by atoms with Gasteiger partial charge in [0, 0.05) is 22.7 Å². The predicted molar refractivity (Wildman–Crippen MR) is 107 cm³/mol. The van der Waals surface area contributed by atoms with Crippen LogP contribution >= 0.6 is 11.6 Å². The molecule has 162 valence electrons. The molecule has 1 N–H and O–H groups in total. The zero-order valence-corrected chi connectivity index (χ0v) is 17.5. The molecule has 0 aliphatic carbocycles. The Hall–Kier alpha value is -3.35. The third-order valence-electron chi connectivity index (χ3n) is 3.94. The molecule has 31 heavy (non-hydrogen) atoms. The van der Waals surface area contributed by atoms with Crippen molar-refractivity contribution in [3.63, 3.8) is 0 Å². The van der Waals surface area contributed by atoms with Gasteiger partial charge in [-0.1, -0.05) is 11.6 Å². The Morgan fingerprint density at radius 1 is 1.19 bits per heavy atom. The number of sulfonamides is 1. The lowest BCUT2D eigenvalue weighted by atomic mass is 10.2. The van der Waals surface area contributed by atoms with Gasteiger partial charge >= 0.3 is 5.97 Å². The first-order valence-electron chi connectivity index (χ1n) is 8.67. The van der Waals surface area contributed by atoms with E-state index in [4.69, 9.17) is 20.8 Å². The van der Waals surface area contributed by atoms with Crippen LogP contribution in [0.25, 0.3) is 11.5 Å². The molecule has 13 heteroatoms. The van der Waals surface area contributed by atoms with Crippen LogP contribution in [0.2, 0.25) is 5.02 Å². The molecule has 0 saturated carbocycles. The molecule has 0 fully saturated rings. The summed E-state index contributed by atoms with van der Waals surface area (Å²) in [6, 6.07) is 9.71. The highest BCUT2D eigenvalue weighted by atomic mass is 35.5. The first-order chi connectivity index (χ1) is 14.7. The number of non-ortho nitro benzene ring substituents is 1. The Morgan fingerprint density at radius 3 is 2.45 bits per heavy atom. The molecule has 3 aromatic rings. The lowest BCUT2D eigenvalue weighted by Gasteiger charge is -2.13. The predicted octanol–water partition coefficient (Wildman–Crippen LogP) is 2.71. The van der Waals surface area contributed by atoms with Crippen molar-refractivity contribution >= 4 is 33.3 Å². The van der Waals surface area contributed by atoms with Crippen LogP contribution in [0.4, 0.5) is 5.69 Å². The summed E-state index contributed by atoms with van der Waals surface area (Å²) in [5.41, 5.74) is 0.354. The van der Waals surface area contributed by atoms with E-state index in [2.05, 4.69) is 14.9 Å². The van der Waals surface area contributed by atoms with Crippen LogP contribution in [0.15, 0.2) is 57.8 Å². The fourth-order valence-corrected chi connectivity index (χ4v) is 3.69. The average molecular weight is 467 g/mol. The molecular weight excluding hydrogens is 452 g/mol. The highest BCUT2D eigenvalue weighted by molar-refractivity contribution is 7.89. The van der Waals surface area contributed by atoms with Gasteiger partial charge in [0.05, 0.1) is 9.82 Å². The molecule has 1 atom stereocenters. The number of esters is 1. The number of nitrogens with zero attached hydrogens (tertiary/aromatic N) is 3. The summed E-state index contributed by atoms with van der Waals surface area (Å²) in [6.45, 7) is 0.942. The van der Waals surface area contributed by atoms with Gasteiger partial charge in [0.25, 0.3) is 11.6 Å². The van der Waals surface area contributed by atoms with E-state index in [0.29, 0.717) is 10.6 Å². The van der Waals surface area contributed by atoms with E-state index in [1.54, 1.807) is 0 Å². The molecule has 1 aromatic heterocycles. The number of benzene rings is 2. The Balaban J connectivity index is 1.58. The third-order valence-corrected chi connectivity index (χ3v) is 5.75. The summed E-state index contributed by atoms with van der Waals surface area (Å²) < 4.78 is 37.2. The molecule has 0 spiro atoms. The Bertz CT molecular complexity index is 1190. The van der Waals surface area contributed by atoms with Crippen molar-refractivity contribution in [2.24, 2.45) is 0 Å². The molecule has 2 aromatic carbocycles. The molecule has 0 radical (unpaired) electrons. The van der Waals surface area contributed by atoms with Crippen LogP contribution in [0.5, 0.6) is 0 Å². The van der Waals surface area contributed by atoms with E-state index in [0.717, 1.165) is 0 Å². The third kappa shape index (κ3) is 5.63. The van der Waals surface area contributed by atoms with Crippen LogP contribution in [0.1, 0.15) is 12.8 Å². The number of rotatable bonds is 8. The normalized spacial score (nSPS) is 12.3. The number of nitrogens with one attached hydrogen (secondary N) is 1. The minimum Gasteiger partial charge on any atom is -0.454 e. The molecule has 1 heterocycles. The second-order valence-corrected chi connectivity index (χ2v) is 8.36. The highest BCUT2D eigenvalue weighted by Crippen LogP contribution is 2.21. The zero-order valence-electron chi connectivity index (χ0n) is 15.9. The van der Waals surface area contributed by atoms with E-state index in [1.807, 2.05) is 0 Å². The summed E-state index contributed by atoms with van der Waals surface area (Å²) in [6.07, 6.45) is 0. The van der Waals surface area contributed by atoms with E-state index in [1.165, 1.54) is 55.5 Å². The molecule has 1 unspecified atom stereocenters. The van der Waals surface area contributed by atoms with Gasteiger partial charge in [0.15, 0.2) is 6.61 Å². The van der Waals surface area contributed by atoms with Crippen molar-refractivity contribution in [1.29, 1.82) is 0 Å². The topological polar surface area (TPSA) is 155 Å². The van der Waals surface area contributed by atoms with Crippen molar-refractivity contribution in [3.05, 3.63) is 69.6 Å². The summed E-state index contributed by atoms with van der Waals surface area (Å²) in [5, 5.41) is 18.6. The van der Waals surface area contributed by atoms with E-state index in [9.17, 15) is 23.3 Å². The summed E-state index contributed by atoms with van der Waals surface area (Å²) >= 11 is 5.74. The monoisotopic (exact) mass is 466 g/mol. The SMILES string of the molecule is CC(NS(=O)(=O)c1ccc(Cl)cc1)C(=O)OCc1nnc(-c2ccc([N+](=O)[O-])cc2)o1. The fraction of sp³-hybridized carbons (Fsp3) is 0.167. The van der Waals surface area contributed by atoms with Crippen molar-refractivity contribution in [2.45, 2.75) is 24.5 Å². The van der Waals surface area contributed by atoms with Crippen LogP contribution in [-0.4, -0.2) is 35.5 Å². The smallest absolute Gasteiger partial charge is 0.324 e. The quantitative estimate of drug-likeness (QED) is 0.299. The number of carbonyl (C=O) groups excluding carboxylic acids is 1. The second-order valence-electron chi connectivity index (χ2n) is 6.21. The second kappa shape index (κ2) is 9.20. The van der Waals surface area contributed by atoms with Gasteiger partial charge in [-0.25, -0.2) is 8.42 Å². The maximum Gasteiger partial charge on any atom is 0.324 e. The van der Waals surface area contributed by atoms with Crippen LogP contribution in [0.3, 0.4) is 0 Å². The van der Waals surface area contributed by atoms with E-state index < -0.39 is 27.0 Å². The molecule has 11 nitrogen and oxygen atoms in total. The number of nitro groups is 1.